The normalized spacial score (nSPS) is 11.5. The van der Waals surface area contributed by atoms with Crippen molar-refractivity contribution in [3.63, 3.8) is 0 Å². The second-order valence-corrected chi connectivity index (χ2v) is 8.19. The molecule has 10 heteroatoms. The van der Waals surface area contributed by atoms with Gasteiger partial charge in [0.05, 0.1) is 35.8 Å². The summed E-state index contributed by atoms with van der Waals surface area (Å²) in [5, 5.41) is 0. The minimum atomic E-state index is -3.94. The SMILES string of the molecule is COc1ccc(S(=O)(=O)Nc2cc3c(cc2C)n(C)c(=O)c(=O)n3C)cc1OC. The number of anilines is 1. The van der Waals surface area contributed by atoms with Crippen LogP contribution in [0.15, 0.2) is 44.8 Å². The molecule has 0 fully saturated rings. The molecule has 29 heavy (non-hydrogen) atoms. The molecular formula is C19H21N3O6S. The Morgan fingerprint density at radius 3 is 1.97 bits per heavy atom. The van der Waals surface area contributed by atoms with Crippen molar-refractivity contribution < 1.29 is 17.9 Å². The third-order valence-electron chi connectivity index (χ3n) is 4.75. The highest BCUT2D eigenvalue weighted by Crippen LogP contribution is 2.31. The van der Waals surface area contributed by atoms with Gasteiger partial charge in [-0.25, -0.2) is 8.42 Å². The number of fused-ring (bicyclic) bond motifs is 1. The van der Waals surface area contributed by atoms with Crippen LogP contribution in [-0.4, -0.2) is 31.8 Å². The van der Waals surface area contributed by atoms with E-state index in [2.05, 4.69) is 4.72 Å². The maximum atomic E-state index is 12.9. The summed E-state index contributed by atoms with van der Waals surface area (Å²) in [5.74, 6) is 0.687. The van der Waals surface area contributed by atoms with E-state index in [-0.39, 0.29) is 10.6 Å². The smallest absolute Gasteiger partial charge is 0.316 e. The topological polar surface area (TPSA) is 109 Å². The van der Waals surface area contributed by atoms with Gasteiger partial charge in [-0.2, -0.15) is 0 Å². The molecule has 0 saturated carbocycles. The maximum Gasteiger partial charge on any atom is 0.316 e. The summed E-state index contributed by atoms with van der Waals surface area (Å²) in [7, 11) is 1.90. The van der Waals surface area contributed by atoms with Crippen LogP contribution in [0.5, 0.6) is 11.5 Å². The lowest BCUT2D eigenvalue weighted by Crippen LogP contribution is -2.39. The van der Waals surface area contributed by atoms with Gasteiger partial charge in [-0.05, 0) is 36.8 Å². The van der Waals surface area contributed by atoms with Crippen molar-refractivity contribution in [3.05, 3.63) is 56.6 Å². The molecule has 0 atom stereocenters. The third-order valence-corrected chi connectivity index (χ3v) is 6.11. The maximum absolute atomic E-state index is 12.9. The van der Waals surface area contributed by atoms with Crippen LogP contribution in [0.25, 0.3) is 11.0 Å². The van der Waals surface area contributed by atoms with Crippen molar-refractivity contribution >= 4 is 26.7 Å². The van der Waals surface area contributed by atoms with Crippen LogP contribution < -0.4 is 25.3 Å². The molecule has 1 aromatic heterocycles. The van der Waals surface area contributed by atoms with Crippen LogP contribution in [-0.2, 0) is 24.1 Å². The molecule has 0 spiro atoms. The summed E-state index contributed by atoms with van der Waals surface area (Å²) >= 11 is 0. The fourth-order valence-corrected chi connectivity index (χ4v) is 4.16. The summed E-state index contributed by atoms with van der Waals surface area (Å²) in [6.07, 6.45) is 0. The minimum absolute atomic E-state index is 0.0102. The molecule has 0 saturated heterocycles. The lowest BCUT2D eigenvalue weighted by atomic mass is 10.1. The Hall–Kier alpha value is -3.27. The first-order valence-corrected chi connectivity index (χ1v) is 10.0. The number of hydrogen-bond donors (Lipinski definition) is 1. The van der Waals surface area contributed by atoms with Crippen LogP contribution in [0, 0.1) is 6.92 Å². The number of methoxy groups -OCH3 is 2. The zero-order valence-corrected chi connectivity index (χ0v) is 17.5. The van der Waals surface area contributed by atoms with Crippen molar-refractivity contribution in [1.82, 2.24) is 9.13 Å². The zero-order chi connectivity index (χ0) is 21.5. The number of aryl methyl sites for hydroxylation is 3. The molecule has 1 N–H and O–H groups in total. The zero-order valence-electron chi connectivity index (χ0n) is 16.6. The van der Waals surface area contributed by atoms with Gasteiger partial charge in [-0.15, -0.1) is 0 Å². The molecule has 0 aliphatic carbocycles. The summed E-state index contributed by atoms with van der Waals surface area (Å²) in [6.45, 7) is 1.71. The molecule has 3 aromatic rings. The molecule has 0 aliphatic heterocycles. The molecule has 0 unspecified atom stereocenters. The number of sulfonamides is 1. The van der Waals surface area contributed by atoms with Crippen molar-refractivity contribution in [2.75, 3.05) is 18.9 Å². The van der Waals surface area contributed by atoms with E-state index in [0.29, 0.717) is 28.0 Å². The second-order valence-electron chi connectivity index (χ2n) is 6.51. The first kappa shape index (κ1) is 20.5. The fraction of sp³-hybridized carbons (Fsp3) is 0.263. The van der Waals surface area contributed by atoms with E-state index in [9.17, 15) is 18.0 Å². The lowest BCUT2D eigenvalue weighted by molar-refractivity contribution is 0.354. The van der Waals surface area contributed by atoms with Gasteiger partial charge in [0.2, 0.25) is 0 Å². The van der Waals surface area contributed by atoms with Gasteiger partial charge in [0.25, 0.3) is 10.0 Å². The molecule has 9 nitrogen and oxygen atoms in total. The van der Waals surface area contributed by atoms with Crippen LogP contribution in [0.4, 0.5) is 5.69 Å². The second kappa shape index (κ2) is 7.28. The van der Waals surface area contributed by atoms with E-state index >= 15 is 0 Å². The number of hydrogen-bond acceptors (Lipinski definition) is 6. The minimum Gasteiger partial charge on any atom is -0.493 e. The Bertz CT molecular complexity index is 1340. The van der Waals surface area contributed by atoms with E-state index < -0.39 is 21.1 Å². The predicted molar refractivity (Wildman–Crippen MR) is 110 cm³/mol. The summed E-state index contributed by atoms with van der Waals surface area (Å²) in [4.78, 5) is 24.1. The van der Waals surface area contributed by atoms with Gasteiger partial charge in [0.15, 0.2) is 11.5 Å². The van der Waals surface area contributed by atoms with Crippen LogP contribution in [0.1, 0.15) is 5.56 Å². The first-order chi connectivity index (χ1) is 13.6. The van der Waals surface area contributed by atoms with E-state index in [1.807, 2.05) is 0 Å². The van der Waals surface area contributed by atoms with E-state index in [4.69, 9.17) is 9.47 Å². The van der Waals surface area contributed by atoms with Crippen LogP contribution in [0.3, 0.4) is 0 Å². The highest BCUT2D eigenvalue weighted by molar-refractivity contribution is 7.92. The highest BCUT2D eigenvalue weighted by Gasteiger charge is 2.19. The van der Waals surface area contributed by atoms with Crippen LogP contribution >= 0.6 is 0 Å². The Labute approximate surface area is 167 Å². The number of benzene rings is 2. The van der Waals surface area contributed by atoms with Gasteiger partial charge in [-0.1, -0.05) is 0 Å². The van der Waals surface area contributed by atoms with Crippen molar-refractivity contribution in [2.24, 2.45) is 14.1 Å². The standard InChI is InChI=1S/C19H21N3O6S/c1-11-8-14-15(22(3)19(24)18(23)21(14)2)10-13(11)20-29(25,26)12-6-7-16(27-4)17(9-12)28-5/h6-10,20H,1-5H3. The van der Waals surface area contributed by atoms with E-state index in [1.54, 1.807) is 13.0 Å². The average molecular weight is 419 g/mol. The Morgan fingerprint density at radius 2 is 1.41 bits per heavy atom. The van der Waals surface area contributed by atoms with Crippen molar-refractivity contribution in [1.29, 1.82) is 0 Å². The molecule has 2 aromatic carbocycles. The molecule has 3 rings (SSSR count). The third kappa shape index (κ3) is 3.46. The summed E-state index contributed by atoms with van der Waals surface area (Å²) in [6, 6.07) is 7.45. The Kier molecular flexibility index (Phi) is 5.14. The molecule has 0 aliphatic rings. The quantitative estimate of drug-likeness (QED) is 0.626. The van der Waals surface area contributed by atoms with Crippen LogP contribution in [0.2, 0.25) is 0 Å². The summed E-state index contributed by atoms with van der Waals surface area (Å²) < 4.78 is 41.1. The van der Waals surface area contributed by atoms with Crippen molar-refractivity contribution in [2.45, 2.75) is 11.8 Å². The van der Waals surface area contributed by atoms with Gasteiger partial charge in [-0.3, -0.25) is 14.3 Å². The van der Waals surface area contributed by atoms with E-state index in [1.165, 1.54) is 61.7 Å². The molecule has 0 radical (unpaired) electrons. The van der Waals surface area contributed by atoms with Gasteiger partial charge in [0.1, 0.15) is 0 Å². The largest absolute Gasteiger partial charge is 0.493 e. The molecular weight excluding hydrogens is 398 g/mol. The Morgan fingerprint density at radius 1 is 0.862 bits per heavy atom. The van der Waals surface area contributed by atoms with Gasteiger partial charge < -0.3 is 18.6 Å². The molecule has 0 bridgehead atoms. The number of nitrogens with zero attached hydrogens (tertiary/aromatic N) is 2. The van der Waals surface area contributed by atoms with Gasteiger partial charge in [0, 0.05) is 20.2 Å². The molecule has 154 valence electrons. The summed E-state index contributed by atoms with van der Waals surface area (Å²) in [5.41, 5.74) is 0.475. The lowest BCUT2D eigenvalue weighted by Gasteiger charge is -2.15. The monoisotopic (exact) mass is 419 g/mol. The number of aromatic nitrogens is 2. The van der Waals surface area contributed by atoms with Crippen molar-refractivity contribution in [3.8, 4) is 11.5 Å². The number of ether oxygens (including phenoxy) is 2. The van der Waals surface area contributed by atoms with Gasteiger partial charge >= 0.3 is 11.1 Å². The average Bonchev–Trinajstić information content (AvgIpc) is 2.71. The van der Waals surface area contributed by atoms with E-state index in [0.717, 1.165) is 0 Å². The molecule has 1 heterocycles. The highest BCUT2D eigenvalue weighted by atomic mass is 32.2. The number of nitrogens with one attached hydrogen (secondary N) is 1. The Balaban J connectivity index is 2.13. The predicted octanol–water partition coefficient (Wildman–Crippen LogP) is 1.36. The molecule has 0 amide bonds. The fourth-order valence-electron chi connectivity index (χ4n) is 3.02. The first-order valence-electron chi connectivity index (χ1n) is 8.56. The number of rotatable bonds is 5.